The van der Waals surface area contributed by atoms with Gasteiger partial charge >= 0.3 is 12.2 Å². The molecule has 2 aromatic heterocycles. The molecule has 3 aliphatic rings. The zero-order valence-electron chi connectivity index (χ0n) is 34.0. The molecule has 2 saturated heterocycles. The summed E-state index contributed by atoms with van der Waals surface area (Å²) in [6, 6.07) is 10.6. The quantitative estimate of drug-likeness (QED) is 0.110. The Balaban J connectivity index is 1.06. The number of anilines is 1. The SMILES string of the molecule is C=C([C@@H](NC(=O)OC)C(C)C)N1CCC[C@H]1c1ncc(-c2ccc3c(c2)NC(=O)c2cc(-c4cnc([C@@H]5CCCN5C(=O)[C@@H](NC(=O)OC)C(C)C)[nH]4)ccc2C3)[nH]1. The van der Waals surface area contributed by atoms with Gasteiger partial charge < -0.3 is 45.2 Å². The minimum absolute atomic E-state index is 0.0238. The van der Waals surface area contributed by atoms with E-state index in [2.05, 4.69) is 42.4 Å². The molecule has 2 fully saturated rings. The third kappa shape index (κ3) is 8.02. The summed E-state index contributed by atoms with van der Waals surface area (Å²) >= 11 is 0. The van der Waals surface area contributed by atoms with Crippen LogP contribution < -0.4 is 16.0 Å². The Morgan fingerprint density at radius 2 is 1.31 bits per heavy atom. The van der Waals surface area contributed by atoms with Crippen molar-refractivity contribution in [3.05, 3.63) is 89.4 Å². The number of ether oxygens (including phenoxy) is 2. The molecule has 2 aromatic carbocycles. The normalized spacial score (nSPS) is 18.6. The Hall–Kier alpha value is -6.12. The molecule has 5 heterocycles. The van der Waals surface area contributed by atoms with Crippen molar-refractivity contribution in [3.8, 4) is 22.5 Å². The van der Waals surface area contributed by atoms with Gasteiger partial charge in [-0.05, 0) is 60.8 Å². The topological polar surface area (TPSA) is 187 Å². The molecule has 5 N–H and O–H groups in total. The predicted molar refractivity (Wildman–Crippen MR) is 219 cm³/mol. The van der Waals surface area contributed by atoms with E-state index >= 15 is 0 Å². The molecule has 4 aromatic rings. The van der Waals surface area contributed by atoms with E-state index in [1.807, 2.05) is 70.3 Å². The first-order valence-electron chi connectivity index (χ1n) is 20.0. The molecule has 0 radical (unpaired) electrons. The molecule has 0 bridgehead atoms. The standard InChI is InChI=1S/C43H53N9O6/c1-23(2)36(49-42(55)57-6)25(5)51-16-8-10-34(51)38-44-22-33(47-38)29-15-14-27-18-26-12-13-28(19-30(26)40(53)48-31(27)20-29)32-21-45-39(46-32)35-11-9-17-52(35)41(54)37(24(3)4)50-43(56)58-7/h12-15,19-24,34-37H,5,8-11,16-18H2,1-4,6-7H3,(H,44,47)(H,45,46)(H,48,53)(H,49,55)(H,50,56)/t34-,35-,36-,37-/m0/s1. The Kier molecular flexibility index (Phi) is 11.6. The molecule has 7 rings (SSSR count). The summed E-state index contributed by atoms with van der Waals surface area (Å²) in [5.74, 6) is 1.07. The molecule has 4 amide bonds. The fraction of sp³-hybridized carbons (Fsp3) is 0.442. The summed E-state index contributed by atoms with van der Waals surface area (Å²) in [6.07, 6.45) is 6.40. The first-order chi connectivity index (χ1) is 27.9. The first-order valence-corrected chi connectivity index (χ1v) is 20.0. The average Bonchev–Trinajstić information content (AvgIpc) is 4.05. The number of nitrogens with zero attached hydrogens (tertiary/aromatic N) is 4. The van der Waals surface area contributed by atoms with Crippen molar-refractivity contribution >= 4 is 29.7 Å². The van der Waals surface area contributed by atoms with Crippen molar-refractivity contribution in [2.24, 2.45) is 11.8 Å². The van der Waals surface area contributed by atoms with Gasteiger partial charge in [0.05, 0.1) is 56.1 Å². The highest BCUT2D eigenvalue weighted by molar-refractivity contribution is 6.07. The van der Waals surface area contributed by atoms with E-state index in [0.29, 0.717) is 24.4 Å². The fourth-order valence-corrected chi connectivity index (χ4v) is 8.41. The number of nitrogens with one attached hydrogen (secondary N) is 5. The molecule has 0 unspecified atom stereocenters. The zero-order chi connectivity index (χ0) is 41.2. The van der Waals surface area contributed by atoms with Crippen LogP contribution in [0.2, 0.25) is 0 Å². The third-order valence-corrected chi connectivity index (χ3v) is 11.6. The summed E-state index contributed by atoms with van der Waals surface area (Å²) in [4.78, 5) is 72.0. The number of methoxy groups -OCH3 is 2. The van der Waals surface area contributed by atoms with Gasteiger partial charge in [-0.15, -0.1) is 0 Å². The molecule has 0 aliphatic carbocycles. The van der Waals surface area contributed by atoms with Gasteiger partial charge in [0, 0.05) is 47.6 Å². The van der Waals surface area contributed by atoms with Crippen LogP contribution in [-0.4, -0.2) is 93.1 Å². The van der Waals surface area contributed by atoms with Crippen LogP contribution in [0.15, 0.2) is 61.1 Å². The summed E-state index contributed by atoms with van der Waals surface area (Å²) in [5, 5.41) is 8.77. The molecular weight excluding hydrogens is 739 g/mol. The molecule has 0 saturated carbocycles. The van der Waals surface area contributed by atoms with E-state index in [1.54, 1.807) is 11.1 Å². The second kappa shape index (κ2) is 16.8. The summed E-state index contributed by atoms with van der Waals surface area (Å²) in [5.41, 5.74) is 7.30. The maximum absolute atomic E-state index is 13.8. The first kappa shape index (κ1) is 40.1. The molecule has 4 atom stereocenters. The van der Waals surface area contributed by atoms with Gasteiger partial charge in [0.25, 0.3) is 5.91 Å². The van der Waals surface area contributed by atoms with Crippen LogP contribution in [-0.2, 0) is 20.7 Å². The van der Waals surface area contributed by atoms with Crippen LogP contribution in [0, 0.1) is 11.8 Å². The number of hydrogen-bond donors (Lipinski definition) is 5. The van der Waals surface area contributed by atoms with Crippen LogP contribution in [0.4, 0.5) is 15.3 Å². The summed E-state index contributed by atoms with van der Waals surface area (Å²) in [7, 11) is 2.64. The van der Waals surface area contributed by atoms with Crippen molar-refractivity contribution < 1.29 is 28.7 Å². The lowest BCUT2D eigenvalue weighted by atomic mass is 9.97. The number of benzene rings is 2. The van der Waals surface area contributed by atoms with E-state index in [1.165, 1.54) is 14.2 Å². The summed E-state index contributed by atoms with van der Waals surface area (Å²) in [6.45, 7) is 13.6. The number of aromatic amines is 2. The second-order valence-electron chi connectivity index (χ2n) is 16.0. The Bertz CT molecular complexity index is 2210. The number of rotatable bonds is 11. The van der Waals surface area contributed by atoms with E-state index in [4.69, 9.17) is 14.5 Å². The molecule has 306 valence electrons. The lowest BCUT2D eigenvalue weighted by molar-refractivity contribution is -0.135. The molecule has 15 nitrogen and oxygen atoms in total. The van der Waals surface area contributed by atoms with Crippen molar-refractivity contribution in [2.75, 3.05) is 32.6 Å². The summed E-state index contributed by atoms with van der Waals surface area (Å²) < 4.78 is 9.64. The number of likely N-dealkylation sites (tertiary alicyclic amines) is 2. The maximum atomic E-state index is 13.8. The van der Waals surface area contributed by atoms with Crippen molar-refractivity contribution in [1.82, 2.24) is 40.4 Å². The predicted octanol–water partition coefficient (Wildman–Crippen LogP) is 6.70. The smallest absolute Gasteiger partial charge is 0.407 e. The van der Waals surface area contributed by atoms with Gasteiger partial charge in [-0.1, -0.05) is 58.5 Å². The number of H-pyrrole nitrogens is 2. The minimum atomic E-state index is -0.723. The minimum Gasteiger partial charge on any atom is -0.453 e. The molecule has 15 heteroatoms. The number of carbonyl (C=O) groups excluding carboxylic acids is 4. The number of aromatic nitrogens is 4. The lowest BCUT2D eigenvalue weighted by Crippen LogP contribution is -2.51. The van der Waals surface area contributed by atoms with Crippen LogP contribution in [0.3, 0.4) is 0 Å². The molecule has 3 aliphatic heterocycles. The van der Waals surface area contributed by atoms with E-state index < -0.39 is 18.2 Å². The van der Waals surface area contributed by atoms with Crippen LogP contribution in [0.5, 0.6) is 0 Å². The Labute approximate surface area is 338 Å². The van der Waals surface area contributed by atoms with Gasteiger partial charge in [0.15, 0.2) is 0 Å². The van der Waals surface area contributed by atoms with E-state index in [9.17, 15) is 19.2 Å². The van der Waals surface area contributed by atoms with Crippen LogP contribution in [0.1, 0.15) is 98.6 Å². The number of fused-ring (bicyclic) bond motifs is 2. The van der Waals surface area contributed by atoms with Crippen LogP contribution >= 0.6 is 0 Å². The highest BCUT2D eigenvalue weighted by Gasteiger charge is 2.38. The van der Waals surface area contributed by atoms with Gasteiger partial charge in [-0.25, -0.2) is 19.6 Å². The number of carbonyl (C=O) groups is 4. The van der Waals surface area contributed by atoms with E-state index in [0.717, 1.165) is 83.1 Å². The second-order valence-corrected chi connectivity index (χ2v) is 16.0. The highest BCUT2D eigenvalue weighted by atomic mass is 16.5. The van der Waals surface area contributed by atoms with Crippen molar-refractivity contribution in [3.63, 3.8) is 0 Å². The van der Waals surface area contributed by atoms with Gasteiger partial charge in [-0.3, -0.25) is 9.59 Å². The Morgan fingerprint density at radius 1 is 0.776 bits per heavy atom. The molecule has 58 heavy (non-hydrogen) atoms. The fourth-order valence-electron chi connectivity index (χ4n) is 8.41. The zero-order valence-corrected chi connectivity index (χ0v) is 34.0. The third-order valence-electron chi connectivity index (χ3n) is 11.6. The molecular formula is C43H53N9O6. The average molecular weight is 792 g/mol. The highest BCUT2D eigenvalue weighted by Crippen LogP contribution is 2.38. The number of hydrogen-bond acceptors (Lipinski definition) is 9. The van der Waals surface area contributed by atoms with E-state index in [-0.39, 0.29) is 41.8 Å². The monoisotopic (exact) mass is 791 g/mol. The largest absolute Gasteiger partial charge is 0.453 e. The van der Waals surface area contributed by atoms with Gasteiger partial charge in [-0.2, -0.15) is 0 Å². The van der Waals surface area contributed by atoms with Crippen molar-refractivity contribution in [2.45, 2.75) is 84.0 Å². The maximum Gasteiger partial charge on any atom is 0.407 e. The van der Waals surface area contributed by atoms with Crippen molar-refractivity contribution in [1.29, 1.82) is 0 Å². The molecule has 0 spiro atoms. The lowest BCUT2D eigenvalue weighted by Gasteiger charge is -2.34. The van der Waals surface area contributed by atoms with Crippen LogP contribution in [0.25, 0.3) is 22.5 Å². The number of alkyl carbamates (subject to hydrolysis) is 2. The Morgan fingerprint density at radius 3 is 1.90 bits per heavy atom. The number of imidazole rings is 2. The van der Waals surface area contributed by atoms with Gasteiger partial charge in [0.2, 0.25) is 5.91 Å². The van der Waals surface area contributed by atoms with Gasteiger partial charge in [0.1, 0.15) is 17.7 Å². The number of amides is 4.